The molecule has 0 bridgehead atoms. The van der Waals surface area contributed by atoms with Crippen LogP contribution in [-0.4, -0.2) is 62.6 Å². The molecule has 0 aromatic heterocycles. The molecule has 0 aromatic rings. The van der Waals surface area contributed by atoms with Crippen LogP contribution < -0.4 is 5.32 Å². The minimum Gasteiger partial charge on any atom is -0.338 e. The number of amides is 2. The third-order valence-corrected chi connectivity index (χ3v) is 6.47. The minimum atomic E-state index is -3.14. The first-order valence-electron chi connectivity index (χ1n) is 7.65. The van der Waals surface area contributed by atoms with Gasteiger partial charge in [-0.05, 0) is 23.7 Å². The number of carbonyl (C=O) groups is 1. The van der Waals surface area contributed by atoms with Crippen LogP contribution in [0.25, 0.3) is 0 Å². The summed E-state index contributed by atoms with van der Waals surface area (Å²) in [5.41, 5.74) is 0.411. The van der Waals surface area contributed by atoms with Gasteiger partial charge >= 0.3 is 6.03 Å². The molecule has 6 nitrogen and oxygen atoms in total. The first-order valence-corrected chi connectivity index (χ1v) is 9.50. The Balaban J connectivity index is 1.65. The molecule has 2 atom stereocenters. The van der Waals surface area contributed by atoms with Crippen LogP contribution in [-0.2, 0) is 10.0 Å². The fraction of sp³-hybridized carbons (Fsp3) is 0.929. The zero-order chi connectivity index (χ0) is 15.8. The molecular formula is C14H27N3O3S. The van der Waals surface area contributed by atoms with Gasteiger partial charge in [-0.2, -0.15) is 0 Å². The lowest BCUT2D eigenvalue weighted by molar-refractivity contribution is 0.196. The van der Waals surface area contributed by atoms with Crippen LogP contribution in [0.5, 0.6) is 0 Å². The van der Waals surface area contributed by atoms with Crippen LogP contribution in [0.3, 0.4) is 0 Å². The summed E-state index contributed by atoms with van der Waals surface area (Å²) in [7, 11) is -3.14. The summed E-state index contributed by atoms with van der Waals surface area (Å²) < 4.78 is 24.3. The van der Waals surface area contributed by atoms with Gasteiger partial charge in [-0.3, -0.25) is 0 Å². The van der Waals surface area contributed by atoms with Crippen molar-refractivity contribution in [3.63, 3.8) is 0 Å². The van der Waals surface area contributed by atoms with Crippen molar-refractivity contribution in [2.24, 2.45) is 17.3 Å². The van der Waals surface area contributed by atoms with Gasteiger partial charge in [-0.1, -0.05) is 20.8 Å². The molecule has 21 heavy (non-hydrogen) atoms. The number of hydrogen-bond acceptors (Lipinski definition) is 3. The Kier molecular flexibility index (Phi) is 4.54. The van der Waals surface area contributed by atoms with Crippen molar-refractivity contribution in [2.45, 2.75) is 27.2 Å². The van der Waals surface area contributed by atoms with E-state index in [1.54, 1.807) is 0 Å². The number of sulfonamides is 1. The van der Waals surface area contributed by atoms with E-state index >= 15 is 0 Å². The van der Waals surface area contributed by atoms with E-state index in [4.69, 9.17) is 0 Å². The second-order valence-electron chi connectivity index (χ2n) is 6.78. The van der Waals surface area contributed by atoms with Gasteiger partial charge in [0.25, 0.3) is 0 Å². The Bertz CT molecular complexity index is 490. The normalized spacial score (nSPS) is 26.8. The van der Waals surface area contributed by atoms with Gasteiger partial charge in [0.2, 0.25) is 10.0 Å². The maximum atomic E-state index is 12.0. The predicted molar refractivity (Wildman–Crippen MR) is 82.4 cm³/mol. The SMILES string of the molecule is CCN(CCCNC(=O)N1CC2C(C1)C2(C)C)S(C)(=O)=O. The molecule has 1 N–H and O–H groups in total. The van der Waals surface area contributed by atoms with E-state index in [0.717, 1.165) is 13.1 Å². The zero-order valence-electron chi connectivity index (χ0n) is 13.4. The molecule has 2 aliphatic rings. The number of nitrogens with zero attached hydrogens (tertiary/aromatic N) is 2. The number of rotatable bonds is 6. The fourth-order valence-electron chi connectivity index (χ4n) is 3.42. The fourth-order valence-corrected chi connectivity index (χ4v) is 4.35. The van der Waals surface area contributed by atoms with Crippen LogP contribution in [0.15, 0.2) is 0 Å². The van der Waals surface area contributed by atoms with E-state index in [1.807, 2.05) is 11.8 Å². The predicted octanol–water partition coefficient (Wildman–Crippen LogP) is 0.955. The summed E-state index contributed by atoms with van der Waals surface area (Å²) in [4.78, 5) is 13.9. The molecule has 1 aliphatic heterocycles. The summed E-state index contributed by atoms with van der Waals surface area (Å²) in [6.45, 7) is 9.50. The lowest BCUT2D eigenvalue weighted by atomic mass is 10.1. The molecule has 2 amide bonds. The van der Waals surface area contributed by atoms with E-state index in [1.165, 1.54) is 10.6 Å². The summed E-state index contributed by atoms with van der Waals surface area (Å²) >= 11 is 0. The topological polar surface area (TPSA) is 69.7 Å². The maximum Gasteiger partial charge on any atom is 0.317 e. The van der Waals surface area contributed by atoms with Gasteiger partial charge in [-0.25, -0.2) is 17.5 Å². The van der Waals surface area contributed by atoms with Crippen LogP contribution in [0, 0.1) is 17.3 Å². The third-order valence-electron chi connectivity index (χ3n) is 5.09. The van der Waals surface area contributed by atoms with Crippen LogP contribution in [0.1, 0.15) is 27.2 Å². The van der Waals surface area contributed by atoms with Crippen molar-refractivity contribution >= 4 is 16.1 Å². The highest BCUT2D eigenvalue weighted by molar-refractivity contribution is 7.88. The van der Waals surface area contributed by atoms with E-state index in [9.17, 15) is 13.2 Å². The molecule has 1 aliphatic carbocycles. The molecule has 0 radical (unpaired) electrons. The molecule has 1 saturated carbocycles. The van der Waals surface area contributed by atoms with Crippen LogP contribution in [0.2, 0.25) is 0 Å². The van der Waals surface area contributed by atoms with Gasteiger partial charge < -0.3 is 10.2 Å². The third kappa shape index (κ3) is 3.51. The Hall–Kier alpha value is -0.820. The second kappa shape index (κ2) is 5.76. The number of fused-ring (bicyclic) bond motifs is 1. The van der Waals surface area contributed by atoms with Crippen molar-refractivity contribution < 1.29 is 13.2 Å². The van der Waals surface area contributed by atoms with Crippen molar-refractivity contribution in [1.82, 2.24) is 14.5 Å². The summed E-state index contributed by atoms with van der Waals surface area (Å²) in [5.74, 6) is 1.31. The van der Waals surface area contributed by atoms with E-state index in [-0.39, 0.29) is 6.03 Å². The summed E-state index contributed by atoms with van der Waals surface area (Å²) in [6, 6.07) is -0.0135. The highest BCUT2D eigenvalue weighted by atomic mass is 32.2. The number of carbonyl (C=O) groups excluding carboxylic acids is 1. The summed E-state index contributed by atoms with van der Waals surface area (Å²) in [5, 5.41) is 2.89. The number of nitrogens with one attached hydrogen (secondary N) is 1. The van der Waals surface area contributed by atoms with Gasteiger partial charge in [0, 0.05) is 32.7 Å². The van der Waals surface area contributed by atoms with E-state index in [0.29, 0.717) is 43.3 Å². The Morgan fingerprint density at radius 3 is 2.38 bits per heavy atom. The minimum absolute atomic E-state index is 0.0135. The second-order valence-corrected chi connectivity index (χ2v) is 8.76. The monoisotopic (exact) mass is 317 g/mol. The van der Waals surface area contributed by atoms with Gasteiger partial charge in [-0.15, -0.1) is 0 Å². The molecule has 7 heteroatoms. The molecule has 122 valence electrons. The number of hydrogen-bond donors (Lipinski definition) is 1. The molecule has 2 rings (SSSR count). The molecule has 1 heterocycles. The highest BCUT2D eigenvalue weighted by Crippen LogP contribution is 2.61. The average molecular weight is 317 g/mol. The molecule has 0 spiro atoms. The van der Waals surface area contributed by atoms with E-state index in [2.05, 4.69) is 19.2 Å². The Morgan fingerprint density at radius 1 is 1.33 bits per heavy atom. The average Bonchev–Trinajstić information content (AvgIpc) is 2.79. The first-order chi connectivity index (χ1) is 9.67. The Morgan fingerprint density at radius 2 is 1.90 bits per heavy atom. The van der Waals surface area contributed by atoms with Crippen LogP contribution in [0.4, 0.5) is 4.79 Å². The molecule has 2 unspecified atom stereocenters. The van der Waals surface area contributed by atoms with Gasteiger partial charge in [0.1, 0.15) is 0 Å². The number of piperidine rings is 1. The molecule has 0 aromatic carbocycles. The van der Waals surface area contributed by atoms with Gasteiger partial charge in [0.05, 0.1) is 6.26 Å². The Labute approximate surface area is 127 Å². The quantitative estimate of drug-likeness (QED) is 0.742. The lowest BCUT2D eigenvalue weighted by Crippen LogP contribution is -2.42. The van der Waals surface area contributed by atoms with Crippen molar-refractivity contribution in [3.8, 4) is 0 Å². The first kappa shape index (κ1) is 16.5. The smallest absolute Gasteiger partial charge is 0.317 e. The largest absolute Gasteiger partial charge is 0.338 e. The van der Waals surface area contributed by atoms with Crippen molar-refractivity contribution in [3.05, 3.63) is 0 Å². The van der Waals surface area contributed by atoms with Crippen molar-refractivity contribution in [2.75, 3.05) is 39.0 Å². The standard InChI is InChI=1S/C14H27N3O3S/c1-5-17(21(4,19)20)8-6-7-15-13(18)16-9-11-12(10-16)14(11,2)3/h11-12H,5-10H2,1-4H3,(H,15,18). The zero-order valence-corrected chi connectivity index (χ0v) is 14.2. The van der Waals surface area contributed by atoms with Crippen molar-refractivity contribution in [1.29, 1.82) is 0 Å². The number of urea groups is 1. The van der Waals surface area contributed by atoms with Crippen LogP contribution >= 0.6 is 0 Å². The lowest BCUT2D eigenvalue weighted by Gasteiger charge is -2.23. The highest BCUT2D eigenvalue weighted by Gasteiger charge is 2.62. The molecule has 1 saturated heterocycles. The molecular weight excluding hydrogens is 290 g/mol. The maximum absolute atomic E-state index is 12.0. The van der Waals surface area contributed by atoms with Gasteiger partial charge in [0.15, 0.2) is 0 Å². The van der Waals surface area contributed by atoms with E-state index < -0.39 is 10.0 Å². The summed E-state index contributed by atoms with van der Waals surface area (Å²) in [6.07, 6.45) is 1.85. The molecule has 2 fully saturated rings. The number of likely N-dealkylation sites (tertiary alicyclic amines) is 1.